The van der Waals surface area contributed by atoms with E-state index in [0.717, 1.165) is 54.2 Å². The van der Waals surface area contributed by atoms with Crippen LogP contribution in [0.2, 0.25) is 5.02 Å². The first-order chi connectivity index (χ1) is 14.0. The third-order valence-electron chi connectivity index (χ3n) is 5.20. The molecule has 1 aliphatic rings. The van der Waals surface area contributed by atoms with E-state index in [4.69, 9.17) is 21.3 Å². The molecule has 0 saturated carbocycles. The van der Waals surface area contributed by atoms with Crippen LogP contribution in [0.15, 0.2) is 36.4 Å². The van der Waals surface area contributed by atoms with E-state index in [1.54, 1.807) is 4.90 Å². The van der Waals surface area contributed by atoms with Crippen molar-refractivity contribution >= 4 is 44.2 Å². The molecule has 0 unspecified atom stereocenters. The second kappa shape index (κ2) is 8.79. The van der Waals surface area contributed by atoms with Crippen LogP contribution in [0, 0.1) is 13.8 Å². The Bertz CT molecular complexity index is 974. The third kappa shape index (κ3) is 4.46. The number of nitrogens with zero attached hydrogens (tertiary/aromatic N) is 3. The first-order valence-corrected chi connectivity index (χ1v) is 11.0. The van der Waals surface area contributed by atoms with Crippen molar-refractivity contribution in [1.82, 2.24) is 9.88 Å². The number of thiazole rings is 1. The number of hydrogen-bond donors (Lipinski definition) is 0. The number of rotatable bonds is 5. The monoisotopic (exact) mass is 429 g/mol. The molecule has 0 aliphatic carbocycles. The predicted octanol–water partition coefficient (Wildman–Crippen LogP) is 4.55. The van der Waals surface area contributed by atoms with Crippen molar-refractivity contribution in [2.75, 3.05) is 44.3 Å². The van der Waals surface area contributed by atoms with Gasteiger partial charge in [-0.3, -0.25) is 14.6 Å². The van der Waals surface area contributed by atoms with Crippen molar-refractivity contribution < 1.29 is 9.53 Å². The average Bonchev–Trinajstić information content (AvgIpc) is 3.19. The van der Waals surface area contributed by atoms with Crippen LogP contribution in [0.4, 0.5) is 5.13 Å². The summed E-state index contributed by atoms with van der Waals surface area (Å²) in [6.07, 6.45) is 0. The summed E-state index contributed by atoms with van der Waals surface area (Å²) in [4.78, 5) is 22.3. The van der Waals surface area contributed by atoms with E-state index in [2.05, 4.69) is 4.90 Å². The van der Waals surface area contributed by atoms with Crippen LogP contribution >= 0.6 is 22.9 Å². The standard InChI is InChI=1S/C22H24ClN3O2S/c1-15-3-6-17(7-4-15)21(27)26(10-9-25-11-13-28-14-12-25)22-24-19-16(2)5-8-18(23)20(19)29-22/h3-8H,9-14H2,1-2H3. The summed E-state index contributed by atoms with van der Waals surface area (Å²) in [6, 6.07) is 11.5. The Kier molecular flexibility index (Phi) is 6.15. The highest BCUT2D eigenvalue weighted by molar-refractivity contribution is 7.23. The molecule has 1 saturated heterocycles. The van der Waals surface area contributed by atoms with E-state index < -0.39 is 0 Å². The zero-order valence-corrected chi connectivity index (χ0v) is 18.2. The molecular weight excluding hydrogens is 406 g/mol. The lowest BCUT2D eigenvalue weighted by atomic mass is 10.1. The second-order valence-electron chi connectivity index (χ2n) is 7.32. The zero-order valence-electron chi connectivity index (χ0n) is 16.7. The number of carbonyl (C=O) groups excluding carboxylic acids is 1. The lowest BCUT2D eigenvalue weighted by Crippen LogP contribution is -2.43. The van der Waals surface area contributed by atoms with Crippen molar-refractivity contribution in [3.63, 3.8) is 0 Å². The minimum absolute atomic E-state index is 0.0360. The first-order valence-electron chi connectivity index (χ1n) is 9.77. The Hall–Kier alpha value is -1.99. The summed E-state index contributed by atoms with van der Waals surface area (Å²) in [6.45, 7) is 8.63. The molecule has 0 bridgehead atoms. The topological polar surface area (TPSA) is 45.7 Å². The van der Waals surface area contributed by atoms with Crippen molar-refractivity contribution in [3.05, 3.63) is 58.1 Å². The molecule has 1 aliphatic heterocycles. The van der Waals surface area contributed by atoms with E-state index in [1.165, 1.54) is 11.3 Å². The fourth-order valence-electron chi connectivity index (χ4n) is 3.41. The van der Waals surface area contributed by atoms with Gasteiger partial charge in [-0.1, -0.05) is 46.7 Å². The predicted molar refractivity (Wildman–Crippen MR) is 119 cm³/mol. The van der Waals surface area contributed by atoms with Gasteiger partial charge in [0.05, 0.1) is 28.5 Å². The minimum Gasteiger partial charge on any atom is -0.379 e. The molecule has 3 aromatic rings. The summed E-state index contributed by atoms with van der Waals surface area (Å²) in [5.41, 5.74) is 3.72. The Morgan fingerprint density at radius 2 is 1.90 bits per heavy atom. The number of amides is 1. The zero-order chi connectivity index (χ0) is 20.4. The summed E-state index contributed by atoms with van der Waals surface area (Å²) in [5.74, 6) is -0.0360. The van der Waals surface area contributed by atoms with Gasteiger partial charge >= 0.3 is 0 Å². The van der Waals surface area contributed by atoms with Gasteiger partial charge in [-0.25, -0.2) is 4.98 Å². The van der Waals surface area contributed by atoms with Crippen LogP contribution in [0.5, 0.6) is 0 Å². The van der Waals surface area contributed by atoms with Crippen LogP contribution in [0.3, 0.4) is 0 Å². The van der Waals surface area contributed by atoms with Gasteiger partial charge in [0.25, 0.3) is 5.91 Å². The molecule has 1 fully saturated rings. The van der Waals surface area contributed by atoms with Crippen LogP contribution in [0.25, 0.3) is 10.2 Å². The van der Waals surface area contributed by atoms with Crippen molar-refractivity contribution in [1.29, 1.82) is 0 Å². The number of carbonyl (C=O) groups is 1. The maximum Gasteiger partial charge on any atom is 0.260 e. The Morgan fingerprint density at radius 1 is 1.17 bits per heavy atom. The number of ether oxygens (including phenoxy) is 1. The van der Waals surface area contributed by atoms with E-state index in [1.807, 2.05) is 50.2 Å². The molecule has 4 rings (SSSR count). The van der Waals surface area contributed by atoms with Crippen LogP contribution in [-0.2, 0) is 4.74 Å². The summed E-state index contributed by atoms with van der Waals surface area (Å²) >= 11 is 7.88. The number of aryl methyl sites for hydroxylation is 2. The number of hydrogen-bond acceptors (Lipinski definition) is 5. The van der Waals surface area contributed by atoms with Gasteiger partial charge in [0.1, 0.15) is 0 Å². The fraction of sp³-hybridized carbons (Fsp3) is 0.364. The summed E-state index contributed by atoms with van der Waals surface area (Å²) in [5, 5.41) is 1.36. The van der Waals surface area contributed by atoms with E-state index in [0.29, 0.717) is 22.3 Å². The van der Waals surface area contributed by atoms with Gasteiger partial charge < -0.3 is 4.74 Å². The maximum absolute atomic E-state index is 13.4. The van der Waals surface area contributed by atoms with Gasteiger partial charge in [0, 0.05) is 31.7 Å². The number of benzene rings is 2. The molecule has 29 heavy (non-hydrogen) atoms. The highest BCUT2D eigenvalue weighted by atomic mass is 35.5. The minimum atomic E-state index is -0.0360. The average molecular weight is 430 g/mol. The smallest absolute Gasteiger partial charge is 0.260 e. The Morgan fingerprint density at radius 3 is 2.59 bits per heavy atom. The quantitative estimate of drug-likeness (QED) is 0.597. The molecule has 2 heterocycles. The molecule has 0 N–H and O–H groups in total. The van der Waals surface area contributed by atoms with Crippen molar-refractivity contribution in [2.24, 2.45) is 0 Å². The third-order valence-corrected chi connectivity index (χ3v) is 6.74. The van der Waals surface area contributed by atoms with Crippen LogP contribution in [-0.4, -0.2) is 55.2 Å². The van der Waals surface area contributed by atoms with E-state index in [-0.39, 0.29) is 5.91 Å². The van der Waals surface area contributed by atoms with Gasteiger partial charge in [0.2, 0.25) is 0 Å². The normalized spacial score (nSPS) is 15.0. The van der Waals surface area contributed by atoms with Crippen molar-refractivity contribution in [2.45, 2.75) is 13.8 Å². The van der Waals surface area contributed by atoms with E-state index >= 15 is 0 Å². The van der Waals surface area contributed by atoms with Gasteiger partial charge in [-0.2, -0.15) is 0 Å². The Balaban J connectivity index is 1.67. The van der Waals surface area contributed by atoms with Gasteiger partial charge in [-0.05, 0) is 37.6 Å². The lowest BCUT2D eigenvalue weighted by Gasteiger charge is -2.29. The second-order valence-corrected chi connectivity index (χ2v) is 8.70. The number of fused-ring (bicyclic) bond motifs is 1. The molecule has 0 atom stereocenters. The van der Waals surface area contributed by atoms with Gasteiger partial charge in [0.15, 0.2) is 5.13 Å². The Labute approximate surface area is 179 Å². The molecule has 1 aromatic heterocycles. The number of halogens is 1. The number of anilines is 1. The molecule has 152 valence electrons. The number of aromatic nitrogens is 1. The van der Waals surface area contributed by atoms with Crippen LogP contribution in [0.1, 0.15) is 21.5 Å². The fourth-order valence-corrected chi connectivity index (χ4v) is 4.75. The molecule has 2 aromatic carbocycles. The molecular formula is C22H24ClN3O2S. The molecule has 7 heteroatoms. The van der Waals surface area contributed by atoms with Gasteiger partial charge in [-0.15, -0.1) is 0 Å². The lowest BCUT2D eigenvalue weighted by molar-refractivity contribution is 0.0391. The summed E-state index contributed by atoms with van der Waals surface area (Å²) < 4.78 is 6.36. The largest absolute Gasteiger partial charge is 0.379 e. The molecule has 0 spiro atoms. The molecule has 0 radical (unpaired) electrons. The molecule has 1 amide bonds. The highest BCUT2D eigenvalue weighted by Crippen LogP contribution is 2.36. The SMILES string of the molecule is Cc1ccc(C(=O)N(CCN2CCOCC2)c2nc3c(C)ccc(Cl)c3s2)cc1. The number of morpholine rings is 1. The first kappa shape index (κ1) is 20.3. The van der Waals surface area contributed by atoms with Crippen LogP contribution < -0.4 is 4.90 Å². The maximum atomic E-state index is 13.4. The summed E-state index contributed by atoms with van der Waals surface area (Å²) in [7, 11) is 0. The highest BCUT2D eigenvalue weighted by Gasteiger charge is 2.23. The van der Waals surface area contributed by atoms with Crippen molar-refractivity contribution in [3.8, 4) is 0 Å². The van der Waals surface area contributed by atoms with E-state index in [9.17, 15) is 4.79 Å². The molecule has 5 nitrogen and oxygen atoms in total.